The second-order valence-corrected chi connectivity index (χ2v) is 11.6. The van der Waals surface area contributed by atoms with E-state index < -0.39 is 5.60 Å². The van der Waals surface area contributed by atoms with Gasteiger partial charge in [-0.3, -0.25) is 14.5 Å². The van der Waals surface area contributed by atoms with Gasteiger partial charge in [-0.25, -0.2) is 0 Å². The number of aliphatic hydroxyl groups is 1. The maximum Gasteiger partial charge on any atom is 0.226 e. The Labute approximate surface area is 203 Å². The average Bonchev–Trinajstić information content (AvgIpc) is 3.38. The molecule has 33 heavy (non-hydrogen) atoms. The first-order chi connectivity index (χ1) is 15.5. The predicted octanol–water partition coefficient (Wildman–Crippen LogP) is 4.39. The van der Waals surface area contributed by atoms with Gasteiger partial charge in [0.1, 0.15) is 5.78 Å². The molecular formula is C27H39ClN2O3. The summed E-state index contributed by atoms with van der Waals surface area (Å²) >= 11 is 6.46. The van der Waals surface area contributed by atoms with E-state index in [0.29, 0.717) is 17.4 Å². The Balaban J connectivity index is 1.38. The number of benzene rings is 1. The highest BCUT2D eigenvalue weighted by Crippen LogP contribution is 2.47. The third-order valence-electron chi connectivity index (χ3n) is 8.16. The van der Waals surface area contributed by atoms with Crippen LogP contribution in [0, 0.1) is 24.7 Å². The minimum Gasteiger partial charge on any atom is -0.390 e. The molecule has 1 saturated heterocycles. The van der Waals surface area contributed by atoms with Gasteiger partial charge in [-0.1, -0.05) is 24.4 Å². The van der Waals surface area contributed by atoms with Gasteiger partial charge in [-0.15, -0.1) is 0 Å². The van der Waals surface area contributed by atoms with Crippen LogP contribution in [0.5, 0.6) is 0 Å². The Kier molecular flexibility index (Phi) is 7.24. The monoisotopic (exact) mass is 474 g/mol. The highest BCUT2D eigenvalue weighted by atomic mass is 35.5. The SMILES string of the molecule is Cc1c(CC(=O)[C@@H]2C[C@@H]2C(C)(C)O)cc(Cl)cc1CN1CCN(C(=O)C2CCCC2)[C@@H](C)C1. The van der Waals surface area contributed by atoms with E-state index in [0.717, 1.165) is 62.1 Å². The molecule has 0 unspecified atom stereocenters. The summed E-state index contributed by atoms with van der Waals surface area (Å²) in [6.45, 7) is 11.1. The molecular weight excluding hydrogens is 436 g/mol. The molecule has 4 rings (SSSR count). The Morgan fingerprint density at radius 1 is 1.15 bits per heavy atom. The number of nitrogens with zero attached hydrogens (tertiary/aromatic N) is 2. The predicted molar refractivity (Wildman–Crippen MR) is 131 cm³/mol. The number of halogens is 1. The van der Waals surface area contributed by atoms with Gasteiger partial charge in [0.25, 0.3) is 0 Å². The Morgan fingerprint density at radius 2 is 1.82 bits per heavy atom. The molecule has 1 aliphatic heterocycles. The molecule has 5 nitrogen and oxygen atoms in total. The lowest BCUT2D eigenvalue weighted by atomic mass is 9.94. The summed E-state index contributed by atoms with van der Waals surface area (Å²) in [6.07, 6.45) is 5.61. The lowest BCUT2D eigenvalue weighted by Gasteiger charge is -2.41. The van der Waals surface area contributed by atoms with Crippen molar-refractivity contribution in [3.8, 4) is 0 Å². The number of amides is 1. The average molecular weight is 475 g/mol. The van der Waals surface area contributed by atoms with E-state index in [1.807, 2.05) is 12.1 Å². The van der Waals surface area contributed by atoms with Crippen LogP contribution in [0.3, 0.4) is 0 Å². The van der Waals surface area contributed by atoms with Gasteiger partial charge >= 0.3 is 0 Å². The van der Waals surface area contributed by atoms with Gasteiger partial charge in [0, 0.05) is 55.5 Å². The van der Waals surface area contributed by atoms with Crippen LogP contribution >= 0.6 is 11.6 Å². The largest absolute Gasteiger partial charge is 0.390 e. The molecule has 1 aromatic carbocycles. The fourth-order valence-electron chi connectivity index (χ4n) is 5.95. The van der Waals surface area contributed by atoms with Crippen LogP contribution in [0.15, 0.2) is 12.1 Å². The first kappa shape index (κ1) is 24.7. The van der Waals surface area contributed by atoms with E-state index in [9.17, 15) is 14.7 Å². The number of carbonyl (C=O) groups is 2. The molecule has 3 aliphatic rings. The number of Topliss-reactive ketones (excluding diaryl/α,β-unsaturated/α-hetero) is 1. The van der Waals surface area contributed by atoms with Gasteiger partial charge in [-0.05, 0) is 81.7 Å². The first-order valence-electron chi connectivity index (χ1n) is 12.6. The quantitative estimate of drug-likeness (QED) is 0.636. The number of hydrogen-bond donors (Lipinski definition) is 1. The summed E-state index contributed by atoms with van der Waals surface area (Å²) in [7, 11) is 0. The summed E-state index contributed by atoms with van der Waals surface area (Å²) in [5, 5.41) is 10.9. The number of hydrogen-bond acceptors (Lipinski definition) is 4. The molecule has 1 aromatic rings. The number of piperazine rings is 1. The van der Waals surface area contributed by atoms with Crippen molar-refractivity contribution in [3.05, 3.63) is 33.8 Å². The van der Waals surface area contributed by atoms with Crippen LogP contribution in [-0.4, -0.2) is 57.9 Å². The summed E-state index contributed by atoms with van der Waals surface area (Å²) in [5.74, 6) is 0.804. The van der Waals surface area contributed by atoms with Crippen LogP contribution in [0.4, 0.5) is 0 Å². The fourth-order valence-corrected chi connectivity index (χ4v) is 6.21. The van der Waals surface area contributed by atoms with Crippen LogP contribution in [0.1, 0.15) is 69.6 Å². The second kappa shape index (κ2) is 9.67. The maximum absolute atomic E-state index is 12.9. The van der Waals surface area contributed by atoms with Crippen LogP contribution in [0.2, 0.25) is 5.02 Å². The van der Waals surface area contributed by atoms with Gasteiger partial charge in [0.15, 0.2) is 0 Å². The molecule has 1 amide bonds. The number of rotatable bonds is 7. The van der Waals surface area contributed by atoms with E-state index in [4.69, 9.17) is 11.6 Å². The van der Waals surface area contributed by atoms with E-state index in [2.05, 4.69) is 23.6 Å². The molecule has 0 bridgehead atoms. The Morgan fingerprint density at radius 3 is 2.42 bits per heavy atom. The van der Waals surface area contributed by atoms with Crippen LogP contribution < -0.4 is 0 Å². The third kappa shape index (κ3) is 5.63. The van der Waals surface area contributed by atoms with Crippen molar-refractivity contribution >= 4 is 23.3 Å². The van der Waals surface area contributed by atoms with Crippen LogP contribution in [0.25, 0.3) is 0 Å². The normalized spacial score (nSPS) is 26.6. The minimum atomic E-state index is -0.799. The maximum atomic E-state index is 12.9. The smallest absolute Gasteiger partial charge is 0.226 e. The lowest BCUT2D eigenvalue weighted by molar-refractivity contribution is -0.140. The molecule has 6 heteroatoms. The van der Waals surface area contributed by atoms with E-state index in [-0.39, 0.29) is 29.6 Å². The van der Waals surface area contributed by atoms with Gasteiger partial charge in [-0.2, -0.15) is 0 Å². The van der Waals surface area contributed by atoms with Crippen molar-refractivity contribution < 1.29 is 14.7 Å². The Hall–Kier alpha value is -1.43. The van der Waals surface area contributed by atoms with Crippen molar-refractivity contribution in [1.82, 2.24) is 9.80 Å². The van der Waals surface area contributed by atoms with Crippen molar-refractivity contribution in [2.24, 2.45) is 17.8 Å². The highest BCUT2D eigenvalue weighted by molar-refractivity contribution is 6.30. The zero-order valence-electron chi connectivity index (χ0n) is 20.6. The fraction of sp³-hybridized carbons (Fsp3) is 0.704. The van der Waals surface area contributed by atoms with Crippen LogP contribution in [-0.2, 0) is 22.6 Å². The standard InChI is InChI=1S/C27H39ClN2O3/c1-17-15-29(9-10-30(17)26(32)19-7-5-6-8-19)16-21-12-22(28)11-20(18(21)2)13-25(31)23-14-24(23)27(3,4)33/h11-12,17,19,23-24,33H,5-10,13-16H2,1-4H3/t17-,23+,24-/m0/s1. The zero-order valence-corrected chi connectivity index (χ0v) is 21.3. The molecule has 0 spiro atoms. The van der Waals surface area contributed by atoms with Gasteiger partial charge in [0.2, 0.25) is 5.91 Å². The molecule has 0 aromatic heterocycles. The van der Waals surface area contributed by atoms with E-state index >= 15 is 0 Å². The second-order valence-electron chi connectivity index (χ2n) is 11.2. The molecule has 1 N–H and O–H groups in total. The van der Waals surface area contributed by atoms with E-state index in [1.54, 1.807) is 13.8 Å². The third-order valence-corrected chi connectivity index (χ3v) is 8.37. The molecule has 2 saturated carbocycles. The molecule has 1 heterocycles. The minimum absolute atomic E-state index is 0.0434. The van der Waals surface area contributed by atoms with Crippen molar-refractivity contribution in [3.63, 3.8) is 0 Å². The topological polar surface area (TPSA) is 60.9 Å². The molecule has 0 radical (unpaired) electrons. The summed E-state index contributed by atoms with van der Waals surface area (Å²) in [4.78, 5) is 30.3. The summed E-state index contributed by atoms with van der Waals surface area (Å²) in [6, 6.07) is 4.14. The number of ketones is 1. The van der Waals surface area contributed by atoms with Crippen molar-refractivity contribution in [2.75, 3.05) is 19.6 Å². The van der Waals surface area contributed by atoms with E-state index in [1.165, 1.54) is 12.8 Å². The number of carbonyl (C=O) groups excluding carboxylic acids is 2. The molecule has 3 atom stereocenters. The molecule has 182 valence electrons. The van der Waals surface area contributed by atoms with Gasteiger partial charge < -0.3 is 10.0 Å². The molecule has 3 fully saturated rings. The molecule has 2 aliphatic carbocycles. The van der Waals surface area contributed by atoms with Crippen molar-refractivity contribution in [2.45, 2.75) is 84.4 Å². The van der Waals surface area contributed by atoms with Crippen molar-refractivity contribution in [1.29, 1.82) is 0 Å². The summed E-state index contributed by atoms with van der Waals surface area (Å²) < 4.78 is 0. The van der Waals surface area contributed by atoms with Gasteiger partial charge in [0.05, 0.1) is 5.60 Å². The summed E-state index contributed by atoms with van der Waals surface area (Å²) in [5.41, 5.74) is 2.48. The first-order valence-corrected chi connectivity index (χ1v) is 13.0. The Bertz CT molecular complexity index is 903. The zero-order chi connectivity index (χ0) is 23.9. The highest BCUT2D eigenvalue weighted by Gasteiger charge is 2.50. The lowest BCUT2D eigenvalue weighted by Crippen LogP contribution is -2.54.